The van der Waals surface area contributed by atoms with Gasteiger partial charge in [0.2, 0.25) is 0 Å². The molecule has 1 aliphatic carbocycles. The zero-order valence-electron chi connectivity index (χ0n) is 26.5. The summed E-state index contributed by atoms with van der Waals surface area (Å²) < 4.78 is 0. The third-order valence-corrected chi connectivity index (χ3v) is 10.9. The minimum atomic E-state index is 0.181. The van der Waals surface area contributed by atoms with Crippen molar-refractivity contribution in [3.05, 3.63) is 106 Å². The number of aromatic amines is 1. The first-order chi connectivity index (χ1) is 22.1. The number of nitrogens with one attached hydrogen (secondary N) is 1. The number of nitriles is 1. The second-order valence-corrected chi connectivity index (χ2v) is 13.9. The van der Waals surface area contributed by atoms with Gasteiger partial charge in [0, 0.05) is 35.1 Å². The summed E-state index contributed by atoms with van der Waals surface area (Å²) in [4.78, 5) is 21.9. The number of hydrogen-bond acceptors (Lipinski definition) is 4. The minimum Gasteiger partial charge on any atom is -0.361 e. The maximum absolute atomic E-state index is 13.4. The first-order valence-corrected chi connectivity index (χ1v) is 17.3. The van der Waals surface area contributed by atoms with Crippen LogP contribution in [-0.4, -0.2) is 53.3 Å². The van der Waals surface area contributed by atoms with Crippen LogP contribution in [0, 0.1) is 23.2 Å². The molecular weight excluding hydrogens is 552 g/mol. The van der Waals surface area contributed by atoms with Crippen LogP contribution in [0.15, 0.2) is 72.9 Å². The van der Waals surface area contributed by atoms with Gasteiger partial charge in [0.15, 0.2) is 5.78 Å². The summed E-state index contributed by atoms with van der Waals surface area (Å²) in [7, 11) is 0. The number of ketones is 1. The largest absolute Gasteiger partial charge is 0.361 e. The number of rotatable bonds is 10. The molecule has 232 valence electrons. The molecule has 5 nitrogen and oxygen atoms in total. The quantitative estimate of drug-likeness (QED) is 0.189. The van der Waals surface area contributed by atoms with Crippen molar-refractivity contribution in [1.82, 2.24) is 14.8 Å². The van der Waals surface area contributed by atoms with Crippen molar-refractivity contribution in [3.8, 4) is 6.07 Å². The van der Waals surface area contributed by atoms with Gasteiger partial charge in [-0.3, -0.25) is 9.69 Å². The van der Waals surface area contributed by atoms with Gasteiger partial charge >= 0.3 is 0 Å². The van der Waals surface area contributed by atoms with E-state index in [1.807, 2.05) is 18.2 Å². The number of aryl methyl sites for hydroxylation is 1. The molecule has 4 aromatic rings. The number of nitrogens with zero attached hydrogens (tertiary/aromatic N) is 3. The molecule has 2 aliphatic heterocycles. The lowest BCUT2D eigenvalue weighted by Crippen LogP contribution is -2.34. The second-order valence-electron chi connectivity index (χ2n) is 13.9. The Hall–Kier alpha value is -3.72. The predicted octanol–water partition coefficient (Wildman–Crippen LogP) is 7.90. The number of unbranched alkanes of at least 4 members (excludes halogenated alkanes) is 1. The molecule has 3 aliphatic rings. The Balaban J connectivity index is 0.846. The molecule has 1 unspecified atom stereocenters. The van der Waals surface area contributed by atoms with Gasteiger partial charge in [0.1, 0.15) is 0 Å². The van der Waals surface area contributed by atoms with Gasteiger partial charge in [-0.05, 0) is 143 Å². The Morgan fingerprint density at radius 3 is 2.47 bits per heavy atom. The monoisotopic (exact) mass is 598 g/mol. The summed E-state index contributed by atoms with van der Waals surface area (Å²) in [5, 5.41) is 10.4. The maximum Gasteiger partial charge on any atom is 0.166 e. The van der Waals surface area contributed by atoms with Crippen LogP contribution in [0.25, 0.3) is 10.9 Å². The van der Waals surface area contributed by atoms with Crippen LogP contribution in [0.4, 0.5) is 0 Å². The first kappa shape index (κ1) is 30.0. The van der Waals surface area contributed by atoms with Gasteiger partial charge in [-0.2, -0.15) is 5.26 Å². The number of hydrogen-bond donors (Lipinski definition) is 1. The Morgan fingerprint density at radius 2 is 1.67 bits per heavy atom. The number of Topliss-reactive ketones (excluding diaryl/α,β-unsaturated/α-hetero) is 1. The van der Waals surface area contributed by atoms with Crippen molar-refractivity contribution in [3.63, 3.8) is 0 Å². The minimum absolute atomic E-state index is 0.181. The summed E-state index contributed by atoms with van der Waals surface area (Å²) in [6.45, 7) is 6.80. The van der Waals surface area contributed by atoms with E-state index in [1.54, 1.807) is 0 Å². The van der Waals surface area contributed by atoms with Crippen molar-refractivity contribution in [2.24, 2.45) is 11.8 Å². The third-order valence-electron chi connectivity index (χ3n) is 10.9. The Labute approximate surface area is 268 Å². The molecule has 5 heteroatoms. The molecule has 3 heterocycles. The smallest absolute Gasteiger partial charge is 0.166 e. The highest BCUT2D eigenvalue weighted by molar-refractivity contribution is 6.02. The van der Waals surface area contributed by atoms with E-state index in [0.717, 1.165) is 81.6 Å². The summed E-state index contributed by atoms with van der Waals surface area (Å²) in [6.07, 6.45) is 12.4. The fourth-order valence-electron chi connectivity index (χ4n) is 8.27. The number of likely N-dealkylation sites (tertiary alicyclic amines) is 2. The Kier molecular flexibility index (Phi) is 9.14. The van der Waals surface area contributed by atoms with Crippen LogP contribution in [0.2, 0.25) is 0 Å². The average molecular weight is 599 g/mol. The SMILES string of the molecule is N#Cc1ccc2[nH]cc(CCCCN3CCC(c4ccc5c(c4)CC(CC4CCN(Cc6ccccc6)CC4)C5=O)CC3)c2c1. The van der Waals surface area contributed by atoms with E-state index in [-0.39, 0.29) is 5.92 Å². The van der Waals surface area contributed by atoms with E-state index in [1.165, 1.54) is 59.7 Å². The fraction of sp³-hybridized carbons (Fsp3) is 0.450. The third kappa shape index (κ3) is 6.93. The molecule has 45 heavy (non-hydrogen) atoms. The fourth-order valence-corrected chi connectivity index (χ4v) is 8.27. The number of benzene rings is 3. The Bertz CT molecular complexity index is 1650. The molecule has 0 amide bonds. The van der Waals surface area contributed by atoms with E-state index in [9.17, 15) is 10.1 Å². The lowest BCUT2D eigenvalue weighted by Gasteiger charge is -2.33. The summed E-state index contributed by atoms with van der Waals surface area (Å²) >= 11 is 0. The molecule has 1 atom stereocenters. The van der Waals surface area contributed by atoms with Crippen LogP contribution in [0.3, 0.4) is 0 Å². The summed E-state index contributed by atoms with van der Waals surface area (Å²) in [5.74, 6) is 1.86. The Morgan fingerprint density at radius 1 is 0.867 bits per heavy atom. The van der Waals surface area contributed by atoms with Crippen molar-refractivity contribution in [2.75, 3.05) is 32.7 Å². The summed E-state index contributed by atoms with van der Waals surface area (Å²) in [6, 6.07) is 25.8. The van der Waals surface area contributed by atoms with E-state index in [4.69, 9.17) is 0 Å². The zero-order valence-corrected chi connectivity index (χ0v) is 26.5. The van der Waals surface area contributed by atoms with Crippen LogP contribution in [-0.2, 0) is 19.4 Å². The van der Waals surface area contributed by atoms with Crippen LogP contribution in [0.1, 0.15) is 89.0 Å². The number of carbonyl (C=O) groups is 1. The van der Waals surface area contributed by atoms with Gasteiger partial charge < -0.3 is 9.88 Å². The van der Waals surface area contributed by atoms with Crippen molar-refractivity contribution in [1.29, 1.82) is 5.26 Å². The van der Waals surface area contributed by atoms with Crippen molar-refractivity contribution in [2.45, 2.75) is 70.3 Å². The first-order valence-electron chi connectivity index (χ1n) is 17.3. The van der Waals surface area contributed by atoms with E-state index in [2.05, 4.69) is 75.6 Å². The van der Waals surface area contributed by atoms with E-state index in [0.29, 0.717) is 17.6 Å². The van der Waals surface area contributed by atoms with Crippen molar-refractivity contribution < 1.29 is 4.79 Å². The standard InChI is InChI=1S/C40H46N4O/c41-26-31-9-12-39-38(23-31)34(27-42-39)8-4-5-17-43-20-15-32(16-21-43)33-10-11-37-35(24-33)25-36(40(37)45)22-29-13-18-44(19-14-29)28-30-6-2-1-3-7-30/h1-3,6-7,9-12,23-24,27,29,32,36,42H,4-5,8,13-22,25,28H2. The molecule has 0 radical (unpaired) electrons. The molecule has 2 saturated heterocycles. The highest BCUT2D eigenvalue weighted by Crippen LogP contribution is 2.37. The number of aromatic nitrogens is 1. The number of fused-ring (bicyclic) bond motifs is 2. The number of H-pyrrole nitrogens is 1. The molecule has 0 spiro atoms. The molecule has 0 bridgehead atoms. The molecular formula is C40H46N4O. The molecule has 2 fully saturated rings. The lowest BCUT2D eigenvalue weighted by atomic mass is 9.85. The van der Waals surface area contributed by atoms with Gasteiger partial charge in [-0.1, -0.05) is 48.5 Å². The molecule has 7 rings (SSSR count). The molecule has 1 aromatic heterocycles. The molecule has 0 saturated carbocycles. The highest BCUT2D eigenvalue weighted by atomic mass is 16.1. The normalized spacial score (nSPS) is 20.1. The predicted molar refractivity (Wildman–Crippen MR) is 181 cm³/mol. The van der Waals surface area contributed by atoms with Gasteiger partial charge in [0.25, 0.3) is 0 Å². The number of piperidine rings is 2. The van der Waals surface area contributed by atoms with E-state index < -0.39 is 0 Å². The average Bonchev–Trinajstić information content (AvgIpc) is 3.63. The zero-order chi connectivity index (χ0) is 30.6. The van der Waals surface area contributed by atoms with E-state index >= 15 is 0 Å². The molecule has 3 aromatic carbocycles. The van der Waals surface area contributed by atoms with Gasteiger partial charge in [-0.15, -0.1) is 0 Å². The lowest BCUT2D eigenvalue weighted by molar-refractivity contribution is 0.0895. The van der Waals surface area contributed by atoms with Gasteiger partial charge in [-0.25, -0.2) is 0 Å². The van der Waals surface area contributed by atoms with Gasteiger partial charge in [0.05, 0.1) is 11.6 Å². The van der Waals surface area contributed by atoms with Crippen LogP contribution < -0.4 is 0 Å². The van der Waals surface area contributed by atoms with Crippen LogP contribution >= 0.6 is 0 Å². The topological polar surface area (TPSA) is 63.1 Å². The highest BCUT2D eigenvalue weighted by Gasteiger charge is 2.34. The second kappa shape index (κ2) is 13.7. The molecule has 1 N–H and O–H groups in total. The van der Waals surface area contributed by atoms with Crippen LogP contribution in [0.5, 0.6) is 0 Å². The maximum atomic E-state index is 13.4. The number of carbonyl (C=O) groups excluding carboxylic acids is 1. The summed E-state index contributed by atoms with van der Waals surface area (Å²) in [5.41, 5.74) is 8.33. The van der Waals surface area contributed by atoms with Crippen molar-refractivity contribution >= 4 is 16.7 Å².